The average Bonchev–Trinajstić information content (AvgIpc) is 3.13. The van der Waals surface area contributed by atoms with Crippen LogP contribution in [0.3, 0.4) is 0 Å². The van der Waals surface area contributed by atoms with Crippen molar-refractivity contribution >= 4 is 5.91 Å². The molecule has 0 saturated carbocycles. The van der Waals surface area contributed by atoms with Crippen molar-refractivity contribution in [1.82, 2.24) is 20.0 Å². The van der Waals surface area contributed by atoms with Crippen LogP contribution in [0.2, 0.25) is 0 Å². The highest BCUT2D eigenvalue weighted by Gasteiger charge is 2.44. The van der Waals surface area contributed by atoms with Gasteiger partial charge in [0, 0.05) is 36.7 Å². The number of carbonyl (C=O) groups is 1. The Morgan fingerprint density at radius 3 is 2.92 bits per heavy atom. The van der Waals surface area contributed by atoms with E-state index in [1.165, 1.54) is 11.3 Å². The third-order valence-corrected chi connectivity index (χ3v) is 6.06. The van der Waals surface area contributed by atoms with Gasteiger partial charge in [0.25, 0.3) is 0 Å². The maximum absolute atomic E-state index is 12.9. The zero-order chi connectivity index (χ0) is 18.3. The van der Waals surface area contributed by atoms with E-state index in [2.05, 4.69) is 10.1 Å². The van der Waals surface area contributed by atoms with E-state index in [0.717, 1.165) is 61.6 Å². The standard InChI is InChI=1S/C20H26N4O2/c1-13-17(14(2)26-23-13)5-6-18(25)24-10-4-8-20(12-24)9-7-16-11-21-15(3)22-19(16)20/h11H,4-10,12H2,1-3H3. The fourth-order valence-corrected chi connectivity index (χ4v) is 4.62. The summed E-state index contributed by atoms with van der Waals surface area (Å²) in [6.45, 7) is 7.43. The number of fused-ring (bicyclic) bond motifs is 2. The van der Waals surface area contributed by atoms with E-state index in [0.29, 0.717) is 12.8 Å². The second-order valence-corrected chi connectivity index (χ2v) is 7.79. The van der Waals surface area contributed by atoms with Gasteiger partial charge in [-0.15, -0.1) is 0 Å². The summed E-state index contributed by atoms with van der Waals surface area (Å²) in [5.74, 6) is 1.87. The van der Waals surface area contributed by atoms with Gasteiger partial charge >= 0.3 is 0 Å². The van der Waals surface area contributed by atoms with Gasteiger partial charge in [0.2, 0.25) is 5.91 Å². The first-order valence-corrected chi connectivity index (χ1v) is 9.51. The fraction of sp³-hybridized carbons (Fsp3) is 0.600. The maximum atomic E-state index is 12.9. The first-order chi connectivity index (χ1) is 12.5. The molecule has 1 unspecified atom stereocenters. The molecule has 0 radical (unpaired) electrons. The highest BCUT2D eigenvalue weighted by atomic mass is 16.5. The Kier molecular flexibility index (Phi) is 4.29. The molecular weight excluding hydrogens is 328 g/mol. The van der Waals surface area contributed by atoms with Crippen LogP contribution in [0, 0.1) is 20.8 Å². The normalized spacial score (nSPS) is 22.0. The quantitative estimate of drug-likeness (QED) is 0.847. The van der Waals surface area contributed by atoms with Gasteiger partial charge in [-0.3, -0.25) is 4.79 Å². The molecule has 1 aliphatic carbocycles. The molecule has 2 aromatic heterocycles. The van der Waals surface area contributed by atoms with Crippen LogP contribution in [-0.4, -0.2) is 39.0 Å². The molecule has 4 rings (SSSR count). The van der Waals surface area contributed by atoms with Crippen molar-refractivity contribution in [3.63, 3.8) is 0 Å². The second-order valence-electron chi connectivity index (χ2n) is 7.79. The molecule has 138 valence electrons. The molecule has 6 nitrogen and oxygen atoms in total. The third-order valence-electron chi connectivity index (χ3n) is 6.06. The van der Waals surface area contributed by atoms with Crippen LogP contribution in [0.4, 0.5) is 0 Å². The molecule has 1 spiro atoms. The fourth-order valence-electron chi connectivity index (χ4n) is 4.62. The molecule has 0 bridgehead atoms. The lowest BCUT2D eigenvalue weighted by Crippen LogP contribution is -2.48. The van der Waals surface area contributed by atoms with Crippen molar-refractivity contribution in [2.75, 3.05) is 13.1 Å². The molecule has 26 heavy (non-hydrogen) atoms. The van der Waals surface area contributed by atoms with Crippen LogP contribution in [-0.2, 0) is 23.1 Å². The first kappa shape index (κ1) is 17.2. The van der Waals surface area contributed by atoms with Crippen molar-refractivity contribution in [1.29, 1.82) is 0 Å². The summed E-state index contributed by atoms with van der Waals surface area (Å²) in [4.78, 5) is 24.0. The largest absolute Gasteiger partial charge is 0.361 e. The number of hydrogen-bond donors (Lipinski definition) is 0. The van der Waals surface area contributed by atoms with Gasteiger partial charge in [-0.1, -0.05) is 5.16 Å². The molecule has 2 aliphatic rings. The van der Waals surface area contributed by atoms with E-state index in [9.17, 15) is 4.79 Å². The number of piperidine rings is 1. The van der Waals surface area contributed by atoms with Crippen LogP contribution in [0.1, 0.15) is 59.8 Å². The predicted molar refractivity (Wildman–Crippen MR) is 96.9 cm³/mol. The molecule has 3 heterocycles. The highest BCUT2D eigenvalue weighted by molar-refractivity contribution is 5.77. The van der Waals surface area contributed by atoms with Gasteiger partial charge < -0.3 is 9.42 Å². The monoisotopic (exact) mass is 354 g/mol. The van der Waals surface area contributed by atoms with Crippen LogP contribution < -0.4 is 0 Å². The number of amides is 1. The Morgan fingerprint density at radius 2 is 2.15 bits per heavy atom. The molecule has 1 atom stereocenters. The van der Waals surface area contributed by atoms with Crippen molar-refractivity contribution in [3.8, 4) is 0 Å². The lowest BCUT2D eigenvalue weighted by atomic mass is 9.77. The number of aromatic nitrogens is 3. The van der Waals surface area contributed by atoms with Gasteiger partial charge in [0.15, 0.2) is 0 Å². The Hall–Kier alpha value is -2.24. The van der Waals surface area contributed by atoms with Crippen LogP contribution >= 0.6 is 0 Å². The summed E-state index contributed by atoms with van der Waals surface area (Å²) in [6, 6.07) is 0. The van der Waals surface area contributed by atoms with Crippen LogP contribution in [0.25, 0.3) is 0 Å². The number of carbonyl (C=O) groups excluding carboxylic acids is 1. The summed E-state index contributed by atoms with van der Waals surface area (Å²) < 4.78 is 5.21. The Morgan fingerprint density at radius 1 is 1.31 bits per heavy atom. The minimum absolute atomic E-state index is 0.0278. The van der Waals surface area contributed by atoms with Gasteiger partial charge in [-0.25, -0.2) is 9.97 Å². The Bertz CT molecular complexity index is 821. The number of hydrogen-bond acceptors (Lipinski definition) is 5. The van der Waals surface area contributed by atoms with E-state index in [4.69, 9.17) is 9.51 Å². The summed E-state index contributed by atoms with van der Waals surface area (Å²) in [5, 5.41) is 3.98. The average molecular weight is 354 g/mol. The van der Waals surface area contributed by atoms with Gasteiger partial charge in [-0.2, -0.15) is 0 Å². The molecular formula is C20H26N4O2. The summed E-state index contributed by atoms with van der Waals surface area (Å²) >= 11 is 0. The summed E-state index contributed by atoms with van der Waals surface area (Å²) in [5.41, 5.74) is 4.44. The minimum Gasteiger partial charge on any atom is -0.361 e. The number of aryl methyl sites for hydroxylation is 4. The third kappa shape index (κ3) is 2.91. The predicted octanol–water partition coefficient (Wildman–Crippen LogP) is 2.83. The molecule has 1 fully saturated rings. The first-order valence-electron chi connectivity index (χ1n) is 9.51. The molecule has 1 saturated heterocycles. The molecule has 1 aliphatic heterocycles. The number of rotatable bonds is 3. The van der Waals surface area contributed by atoms with E-state index in [1.54, 1.807) is 0 Å². The lowest BCUT2D eigenvalue weighted by molar-refractivity contribution is -0.133. The Labute approximate surface area is 154 Å². The van der Waals surface area contributed by atoms with Crippen molar-refractivity contribution in [2.24, 2.45) is 0 Å². The van der Waals surface area contributed by atoms with Gasteiger partial charge in [-0.05, 0) is 58.4 Å². The van der Waals surface area contributed by atoms with Crippen molar-refractivity contribution in [2.45, 2.75) is 64.7 Å². The van der Waals surface area contributed by atoms with Crippen molar-refractivity contribution < 1.29 is 9.32 Å². The molecule has 6 heteroatoms. The molecule has 2 aromatic rings. The molecule has 1 amide bonds. The lowest BCUT2D eigenvalue weighted by Gasteiger charge is -2.40. The van der Waals surface area contributed by atoms with Gasteiger partial charge in [0.1, 0.15) is 11.6 Å². The van der Waals surface area contributed by atoms with E-state index in [1.807, 2.05) is 31.9 Å². The minimum atomic E-state index is 0.0278. The SMILES string of the molecule is Cc1ncc2c(n1)C1(CCCN(C(=O)CCc3c(C)noc3C)C1)CC2. The van der Waals surface area contributed by atoms with E-state index >= 15 is 0 Å². The van der Waals surface area contributed by atoms with E-state index < -0.39 is 0 Å². The smallest absolute Gasteiger partial charge is 0.222 e. The Balaban J connectivity index is 1.48. The van der Waals surface area contributed by atoms with Crippen molar-refractivity contribution in [3.05, 3.63) is 40.3 Å². The summed E-state index contributed by atoms with van der Waals surface area (Å²) in [6.07, 6.45) is 7.44. The number of likely N-dealkylation sites (tertiary alicyclic amines) is 1. The van der Waals surface area contributed by atoms with Gasteiger partial charge in [0.05, 0.1) is 11.4 Å². The topological polar surface area (TPSA) is 72.1 Å². The highest BCUT2D eigenvalue weighted by Crippen LogP contribution is 2.43. The summed E-state index contributed by atoms with van der Waals surface area (Å²) in [7, 11) is 0. The second kappa shape index (κ2) is 6.49. The van der Waals surface area contributed by atoms with Crippen LogP contribution in [0.15, 0.2) is 10.7 Å². The molecule has 0 aromatic carbocycles. The molecule has 0 N–H and O–H groups in total. The zero-order valence-corrected chi connectivity index (χ0v) is 15.8. The maximum Gasteiger partial charge on any atom is 0.222 e. The van der Waals surface area contributed by atoms with Crippen LogP contribution in [0.5, 0.6) is 0 Å². The van der Waals surface area contributed by atoms with E-state index in [-0.39, 0.29) is 11.3 Å². The zero-order valence-electron chi connectivity index (χ0n) is 15.8. The number of nitrogens with zero attached hydrogens (tertiary/aromatic N) is 4.